The molecule has 1 fully saturated rings. The molecule has 0 radical (unpaired) electrons. The number of imidazole rings is 1. The van der Waals surface area contributed by atoms with Crippen molar-refractivity contribution >= 4 is 40.7 Å². The first-order valence-electron chi connectivity index (χ1n) is 11.3. The van der Waals surface area contributed by atoms with Crippen molar-refractivity contribution in [1.29, 1.82) is 5.26 Å². The molecule has 1 N–H and O–H groups in total. The average molecular weight is 494 g/mol. The van der Waals surface area contributed by atoms with Crippen LogP contribution in [0.25, 0.3) is 11.0 Å². The van der Waals surface area contributed by atoms with Crippen LogP contribution in [0.15, 0.2) is 36.5 Å². The number of aromatic nitrogens is 4. The number of ether oxygens (including phenoxy) is 1. The van der Waals surface area contributed by atoms with Gasteiger partial charge in [-0.2, -0.15) is 5.26 Å². The summed E-state index contributed by atoms with van der Waals surface area (Å²) in [4.78, 5) is 40.2. The molecular weight excluding hydrogens is 466 g/mol. The number of fused-ring (bicyclic) bond motifs is 1. The first-order chi connectivity index (χ1) is 16.7. The number of nitriles is 1. The van der Waals surface area contributed by atoms with Crippen molar-refractivity contribution in [1.82, 2.24) is 24.4 Å². The lowest BCUT2D eigenvalue weighted by Crippen LogP contribution is -2.46. The summed E-state index contributed by atoms with van der Waals surface area (Å²) in [7, 11) is 0. The zero-order valence-electron chi connectivity index (χ0n) is 20.1. The number of nitrogens with zero attached hydrogens (tertiary/aromatic N) is 6. The molecule has 11 heteroatoms. The van der Waals surface area contributed by atoms with Gasteiger partial charge in [0.1, 0.15) is 23.4 Å². The lowest BCUT2D eigenvalue weighted by atomic mass is 10.1. The minimum Gasteiger partial charge on any atom is -0.444 e. The summed E-state index contributed by atoms with van der Waals surface area (Å²) in [5.74, 6) is 0.279. The predicted octanol–water partition coefficient (Wildman–Crippen LogP) is 3.75. The molecule has 0 aliphatic carbocycles. The van der Waals surface area contributed by atoms with E-state index in [4.69, 9.17) is 4.74 Å². The fourth-order valence-corrected chi connectivity index (χ4v) is 4.99. The summed E-state index contributed by atoms with van der Waals surface area (Å²) in [5, 5.41) is 12.7. The maximum atomic E-state index is 13.0. The molecule has 2 atom stereocenters. The Kier molecular flexibility index (Phi) is 6.93. The second-order valence-electron chi connectivity index (χ2n) is 9.03. The standard InChI is InChI=1S/C24H27N7O3S/c1-5-30-18-9-7-6-8-17(18)27-20(30)15(12-25)16-10-11-26-22(28-16)29-21(32)19-13-35-14-31(19)23(33)34-24(2,3)4/h6-11,15,19H,5,13-14H2,1-4H3,(H,26,28,29,32)/t15?,19-/m1/s1. The lowest BCUT2D eigenvalue weighted by Gasteiger charge is -2.27. The van der Waals surface area contributed by atoms with Crippen LogP contribution < -0.4 is 5.32 Å². The third-order valence-electron chi connectivity index (χ3n) is 5.41. The Morgan fingerprint density at radius 1 is 1.29 bits per heavy atom. The van der Waals surface area contributed by atoms with E-state index in [1.54, 1.807) is 26.8 Å². The van der Waals surface area contributed by atoms with Gasteiger partial charge in [0.05, 0.1) is 28.7 Å². The van der Waals surface area contributed by atoms with Crippen LogP contribution in [0.3, 0.4) is 0 Å². The van der Waals surface area contributed by atoms with E-state index < -0.39 is 29.6 Å². The van der Waals surface area contributed by atoms with Crippen LogP contribution in [0, 0.1) is 11.3 Å². The van der Waals surface area contributed by atoms with E-state index in [2.05, 4.69) is 26.3 Å². The Hall–Kier alpha value is -3.65. The van der Waals surface area contributed by atoms with Crippen molar-refractivity contribution in [3.63, 3.8) is 0 Å². The number of aryl methyl sites for hydroxylation is 1. The number of nitrogens with one attached hydrogen (secondary N) is 1. The van der Waals surface area contributed by atoms with Gasteiger partial charge in [0.15, 0.2) is 0 Å². The Morgan fingerprint density at radius 3 is 2.77 bits per heavy atom. The molecule has 35 heavy (non-hydrogen) atoms. The number of benzene rings is 1. The van der Waals surface area contributed by atoms with Crippen molar-refractivity contribution in [2.24, 2.45) is 0 Å². The van der Waals surface area contributed by atoms with Gasteiger partial charge < -0.3 is 9.30 Å². The topological polar surface area (TPSA) is 126 Å². The molecule has 0 saturated carbocycles. The van der Waals surface area contributed by atoms with E-state index in [-0.39, 0.29) is 5.95 Å². The first-order valence-corrected chi connectivity index (χ1v) is 12.4. The summed E-state index contributed by atoms with van der Waals surface area (Å²) >= 11 is 1.47. The number of carbonyl (C=O) groups is 2. The minimum absolute atomic E-state index is 0.0629. The third kappa shape index (κ3) is 5.22. The summed E-state index contributed by atoms with van der Waals surface area (Å²) < 4.78 is 7.41. The molecular formula is C24H27N7O3S. The molecule has 182 valence electrons. The van der Waals surface area contributed by atoms with Gasteiger partial charge in [-0.3, -0.25) is 15.0 Å². The van der Waals surface area contributed by atoms with Gasteiger partial charge >= 0.3 is 6.09 Å². The highest BCUT2D eigenvalue weighted by Gasteiger charge is 2.37. The Morgan fingerprint density at radius 2 is 2.06 bits per heavy atom. The van der Waals surface area contributed by atoms with Gasteiger partial charge in [-0.05, 0) is 45.9 Å². The average Bonchev–Trinajstić information content (AvgIpc) is 3.44. The monoisotopic (exact) mass is 493 g/mol. The van der Waals surface area contributed by atoms with E-state index in [0.717, 1.165) is 11.0 Å². The molecule has 1 saturated heterocycles. The Bertz CT molecular complexity index is 1290. The fourth-order valence-electron chi connectivity index (χ4n) is 3.85. The molecule has 4 rings (SSSR count). The van der Waals surface area contributed by atoms with Crippen LogP contribution in [0.2, 0.25) is 0 Å². The molecule has 0 spiro atoms. The van der Waals surface area contributed by atoms with Crippen LogP contribution in [-0.4, -0.2) is 59.7 Å². The highest BCUT2D eigenvalue weighted by molar-refractivity contribution is 7.99. The van der Waals surface area contributed by atoms with Crippen LogP contribution in [0.1, 0.15) is 45.1 Å². The molecule has 0 bridgehead atoms. The number of carbonyl (C=O) groups excluding carboxylic acids is 2. The normalized spacial score (nSPS) is 16.7. The number of rotatable bonds is 5. The number of amides is 2. The van der Waals surface area contributed by atoms with Crippen LogP contribution in [0.4, 0.5) is 10.7 Å². The number of hydrogen-bond donors (Lipinski definition) is 1. The molecule has 10 nitrogen and oxygen atoms in total. The molecule has 1 aromatic carbocycles. The molecule has 1 aliphatic rings. The van der Waals surface area contributed by atoms with Gasteiger partial charge in [-0.15, -0.1) is 11.8 Å². The van der Waals surface area contributed by atoms with Gasteiger partial charge in [-0.1, -0.05) is 12.1 Å². The van der Waals surface area contributed by atoms with Gasteiger partial charge in [0, 0.05) is 18.5 Å². The van der Waals surface area contributed by atoms with E-state index in [1.165, 1.54) is 22.9 Å². The number of thioether (sulfide) groups is 1. The predicted molar refractivity (Wildman–Crippen MR) is 133 cm³/mol. The largest absolute Gasteiger partial charge is 0.444 e. The SMILES string of the molecule is CCn1c(C(C#N)c2ccnc(NC(=O)[C@H]3CSCN3C(=O)OC(C)(C)C)n2)nc2ccccc21. The highest BCUT2D eigenvalue weighted by atomic mass is 32.2. The highest BCUT2D eigenvalue weighted by Crippen LogP contribution is 2.27. The Balaban J connectivity index is 1.56. The molecule has 2 amide bonds. The minimum atomic E-state index is -0.749. The summed E-state index contributed by atoms with van der Waals surface area (Å²) in [6, 6.07) is 10.9. The molecule has 3 heterocycles. The van der Waals surface area contributed by atoms with Crippen LogP contribution in [0.5, 0.6) is 0 Å². The lowest BCUT2D eigenvalue weighted by molar-refractivity contribution is -0.120. The second kappa shape index (κ2) is 9.92. The summed E-state index contributed by atoms with van der Waals surface area (Å²) in [5.41, 5.74) is 1.50. The van der Waals surface area contributed by atoms with E-state index >= 15 is 0 Å². The van der Waals surface area contributed by atoms with E-state index in [0.29, 0.717) is 29.7 Å². The maximum Gasteiger partial charge on any atom is 0.411 e. The van der Waals surface area contributed by atoms with Crippen molar-refractivity contribution in [2.75, 3.05) is 16.9 Å². The third-order valence-corrected chi connectivity index (χ3v) is 6.42. The number of anilines is 1. The molecule has 1 aliphatic heterocycles. The second-order valence-corrected chi connectivity index (χ2v) is 10.0. The van der Waals surface area contributed by atoms with Crippen LogP contribution >= 0.6 is 11.8 Å². The zero-order chi connectivity index (χ0) is 25.2. The van der Waals surface area contributed by atoms with Crippen LogP contribution in [-0.2, 0) is 16.1 Å². The van der Waals surface area contributed by atoms with Gasteiger partial charge in [0.2, 0.25) is 5.95 Å². The quantitative estimate of drug-likeness (QED) is 0.569. The number of para-hydroxylation sites is 2. The molecule has 2 aromatic heterocycles. The van der Waals surface area contributed by atoms with E-state index in [9.17, 15) is 14.9 Å². The molecule has 1 unspecified atom stereocenters. The zero-order valence-corrected chi connectivity index (χ0v) is 20.9. The molecule has 3 aromatic rings. The van der Waals surface area contributed by atoms with Crippen molar-refractivity contribution in [2.45, 2.75) is 51.8 Å². The summed E-state index contributed by atoms with van der Waals surface area (Å²) in [6.45, 7) is 7.97. The van der Waals surface area contributed by atoms with Gasteiger partial charge in [-0.25, -0.2) is 19.7 Å². The maximum absolute atomic E-state index is 13.0. The van der Waals surface area contributed by atoms with Crippen molar-refractivity contribution in [3.8, 4) is 6.07 Å². The summed E-state index contributed by atoms with van der Waals surface area (Å²) in [6.07, 6.45) is 0.955. The fraction of sp³-hybridized carbons (Fsp3) is 0.417. The first kappa shape index (κ1) is 24.5. The number of hydrogen-bond acceptors (Lipinski definition) is 8. The van der Waals surface area contributed by atoms with E-state index in [1.807, 2.05) is 35.8 Å². The van der Waals surface area contributed by atoms with Crippen molar-refractivity contribution < 1.29 is 14.3 Å². The van der Waals surface area contributed by atoms with Crippen molar-refractivity contribution in [3.05, 3.63) is 48.0 Å². The van der Waals surface area contributed by atoms with Gasteiger partial charge in [0.25, 0.3) is 5.91 Å². The smallest absolute Gasteiger partial charge is 0.411 e. The Labute approximate surface area is 207 Å².